The van der Waals surface area contributed by atoms with Crippen LogP contribution in [0.3, 0.4) is 0 Å². The van der Waals surface area contributed by atoms with Crippen molar-refractivity contribution in [3.05, 3.63) is 54.1 Å². The number of nitrogens with two attached hydrogens (primary N) is 1. The zero-order valence-electron chi connectivity index (χ0n) is 20.2. The van der Waals surface area contributed by atoms with Gasteiger partial charge >= 0.3 is 0 Å². The van der Waals surface area contributed by atoms with E-state index < -0.39 is 22.1 Å². The van der Waals surface area contributed by atoms with E-state index in [1.165, 1.54) is 4.31 Å². The van der Waals surface area contributed by atoms with E-state index in [9.17, 15) is 18.5 Å². The molecule has 0 aromatic heterocycles. The number of hydrogen-bond donors (Lipinski definition) is 1. The number of benzene rings is 2. The molecule has 1 unspecified atom stereocenters. The van der Waals surface area contributed by atoms with Crippen LogP contribution in [0.5, 0.6) is 0 Å². The van der Waals surface area contributed by atoms with Gasteiger partial charge in [0.1, 0.15) is 6.04 Å². The van der Waals surface area contributed by atoms with Crippen molar-refractivity contribution in [3.63, 3.8) is 0 Å². The number of nitrogens with zero attached hydrogens (tertiary/aromatic N) is 4. The molecule has 1 amide bonds. The second-order valence-electron chi connectivity index (χ2n) is 9.53. The highest BCUT2D eigenvalue weighted by atomic mass is 32.2. The van der Waals surface area contributed by atoms with Crippen molar-refractivity contribution in [2.24, 2.45) is 11.7 Å². The van der Waals surface area contributed by atoms with Crippen LogP contribution < -0.4 is 5.73 Å². The van der Waals surface area contributed by atoms with Gasteiger partial charge in [0, 0.05) is 32.0 Å². The van der Waals surface area contributed by atoms with Crippen LogP contribution in [0.25, 0.3) is 11.1 Å². The first-order valence-corrected chi connectivity index (χ1v) is 13.8. The number of hydrogen-bond acceptors (Lipinski definition) is 6. The largest absolute Gasteiger partial charge is 0.368 e. The number of carbonyl (C=O) groups excluding carboxylic acids is 1. The second-order valence-corrected chi connectivity index (χ2v) is 11.5. The Balaban J connectivity index is 1.43. The van der Waals surface area contributed by atoms with E-state index in [1.807, 2.05) is 29.2 Å². The number of carbonyl (C=O) groups is 1. The van der Waals surface area contributed by atoms with Gasteiger partial charge in [0.25, 0.3) is 0 Å². The van der Waals surface area contributed by atoms with Gasteiger partial charge in [0.05, 0.1) is 23.1 Å². The number of amides is 1. The van der Waals surface area contributed by atoms with Gasteiger partial charge in [-0.15, -0.1) is 0 Å². The summed E-state index contributed by atoms with van der Waals surface area (Å²) in [6.07, 6.45) is 4.21. The summed E-state index contributed by atoms with van der Waals surface area (Å²) < 4.78 is 27.4. The second kappa shape index (κ2) is 11.2. The first kappa shape index (κ1) is 25.8. The Morgan fingerprint density at radius 1 is 0.944 bits per heavy atom. The van der Waals surface area contributed by atoms with Gasteiger partial charge in [0.15, 0.2) is 0 Å². The van der Waals surface area contributed by atoms with Gasteiger partial charge in [-0.1, -0.05) is 42.8 Å². The molecule has 0 aliphatic carbocycles. The zero-order chi connectivity index (χ0) is 25.7. The smallest absolute Gasteiger partial charge is 0.243 e. The fourth-order valence-electron chi connectivity index (χ4n) is 5.12. The maximum absolute atomic E-state index is 13.0. The number of sulfonamides is 1. The maximum atomic E-state index is 13.0. The number of likely N-dealkylation sites (tertiary alicyclic amines) is 1. The Morgan fingerprint density at radius 3 is 2.11 bits per heavy atom. The number of piperidine rings is 2. The quantitative estimate of drug-likeness (QED) is 0.615. The molecule has 0 bridgehead atoms. The third kappa shape index (κ3) is 5.60. The molecular weight excluding hydrogens is 474 g/mol. The van der Waals surface area contributed by atoms with Crippen molar-refractivity contribution < 1.29 is 13.2 Å². The predicted molar refractivity (Wildman–Crippen MR) is 136 cm³/mol. The van der Waals surface area contributed by atoms with Crippen molar-refractivity contribution >= 4 is 15.9 Å². The van der Waals surface area contributed by atoms with Crippen molar-refractivity contribution in [2.45, 2.75) is 55.5 Å². The number of rotatable bonds is 7. The molecule has 2 atom stereocenters. The molecule has 9 heteroatoms. The molecule has 188 valence electrons. The highest BCUT2D eigenvalue weighted by Crippen LogP contribution is 2.27. The Bertz CT molecular complexity index is 1250. The summed E-state index contributed by atoms with van der Waals surface area (Å²) in [4.78, 5) is 14.0. The van der Waals surface area contributed by atoms with Crippen LogP contribution in [-0.4, -0.2) is 55.2 Å². The van der Waals surface area contributed by atoms with Crippen LogP contribution in [0, 0.1) is 28.6 Å². The minimum atomic E-state index is -3.58. The molecule has 2 aliphatic rings. The lowest BCUT2D eigenvalue weighted by Gasteiger charge is -2.36. The highest BCUT2D eigenvalue weighted by Gasteiger charge is 2.32. The van der Waals surface area contributed by atoms with E-state index in [2.05, 4.69) is 12.1 Å². The lowest BCUT2D eigenvalue weighted by atomic mass is 9.96. The maximum Gasteiger partial charge on any atom is 0.243 e. The summed E-state index contributed by atoms with van der Waals surface area (Å²) in [5.74, 6) is -0.447. The van der Waals surface area contributed by atoms with Crippen molar-refractivity contribution in [1.29, 1.82) is 10.5 Å². The van der Waals surface area contributed by atoms with E-state index in [1.54, 1.807) is 24.3 Å². The number of nitriles is 2. The summed E-state index contributed by atoms with van der Waals surface area (Å²) in [7, 11) is -3.58. The zero-order valence-corrected chi connectivity index (χ0v) is 21.0. The molecule has 2 N–H and O–H groups in total. The molecule has 0 spiro atoms. The summed E-state index contributed by atoms with van der Waals surface area (Å²) >= 11 is 0. The Morgan fingerprint density at radius 2 is 1.56 bits per heavy atom. The van der Waals surface area contributed by atoms with Crippen molar-refractivity contribution in [2.75, 3.05) is 19.6 Å². The molecule has 36 heavy (non-hydrogen) atoms. The molecule has 2 aromatic carbocycles. The fourth-order valence-corrected chi connectivity index (χ4v) is 6.59. The average Bonchev–Trinajstić information content (AvgIpc) is 2.92. The molecule has 8 nitrogen and oxygen atoms in total. The van der Waals surface area contributed by atoms with E-state index in [0.717, 1.165) is 29.5 Å². The lowest BCUT2D eigenvalue weighted by molar-refractivity contribution is -0.125. The van der Waals surface area contributed by atoms with Crippen LogP contribution in [0.2, 0.25) is 0 Å². The molecule has 2 fully saturated rings. The molecule has 4 rings (SSSR count). The molecule has 2 heterocycles. The van der Waals surface area contributed by atoms with E-state index >= 15 is 0 Å². The minimum absolute atomic E-state index is 0.0744. The van der Waals surface area contributed by atoms with Gasteiger partial charge < -0.3 is 5.73 Å². The van der Waals surface area contributed by atoms with E-state index in [-0.39, 0.29) is 16.7 Å². The van der Waals surface area contributed by atoms with Gasteiger partial charge in [-0.05, 0) is 54.5 Å². The third-order valence-electron chi connectivity index (χ3n) is 7.27. The van der Waals surface area contributed by atoms with Crippen LogP contribution in [0.1, 0.15) is 37.7 Å². The molecule has 2 saturated heterocycles. The first-order chi connectivity index (χ1) is 17.3. The van der Waals surface area contributed by atoms with E-state index in [4.69, 9.17) is 11.0 Å². The molecule has 2 aliphatic heterocycles. The first-order valence-electron chi connectivity index (χ1n) is 12.4. The predicted octanol–water partition coefficient (Wildman–Crippen LogP) is 3.05. The highest BCUT2D eigenvalue weighted by molar-refractivity contribution is 7.89. The lowest BCUT2D eigenvalue weighted by Crippen LogP contribution is -2.52. The summed E-state index contributed by atoms with van der Waals surface area (Å²) in [5, 5.41) is 18.8. The van der Waals surface area contributed by atoms with Gasteiger partial charge in [-0.25, -0.2) is 8.42 Å². The summed E-state index contributed by atoms with van der Waals surface area (Å²) in [6.45, 7) is 1.42. The Labute approximate surface area is 213 Å². The number of primary amides is 1. The van der Waals surface area contributed by atoms with Crippen LogP contribution in [-0.2, 0) is 21.2 Å². The minimum Gasteiger partial charge on any atom is -0.368 e. The standard InChI is InChI=1S/C27H31N5O3S/c28-18-21-12-15-31(16-13-21)36(34,35)25-10-8-23(9-11-25)22-6-4-20(5-7-22)17-24(19-29)32-14-2-1-3-26(32)27(30)33/h4-11,21,24,26H,1-3,12-17H2,(H2,30,33)/t24-,26?/m0/s1. The molecule has 2 aromatic rings. The topological polar surface area (TPSA) is 131 Å². The van der Waals surface area contributed by atoms with Gasteiger partial charge in [-0.3, -0.25) is 9.69 Å². The molecule has 0 radical (unpaired) electrons. The Kier molecular flexibility index (Phi) is 8.05. The average molecular weight is 506 g/mol. The molecular formula is C27H31N5O3S. The van der Waals surface area contributed by atoms with Gasteiger partial charge in [-0.2, -0.15) is 14.8 Å². The fraction of sp³-hybridized carbons (Fsp3) is 0.444. The monoisotopic (exact) mass is 505 g/mol. The SMILES string of the molecule is N#CC1CCN(S(=O)(=O)c2ccc(-c3ccc(C[C@@H](C#N)N4CCCCC4C(N)=O)cc3)cc2)CC1. The van der Waals surface area contributed by atoms with Crippen molar-refractivity contribution in [1.82, 2.24) is 9.21 Å². The Hall–Kier alpha value is -3.24. The summed E-state index contributed by atoms with van der Waals surface area (Å²) in [6, 6.07) is 18.5. The van der Waals surface area contributed by atoms with Crippen LogP contribution in [0.15, 0.2) is 53.4 Å². The van der Waals surface area contributed by atoms with Crippen LogP contribution >= 0.6 is 0 Å². The van der Waals surface area contributed by atoms with Crippen LogP contribution in [0.4, 0.5) is 0 Å². The normalized spacial score (nSPS) is 20.8. The molecule has 0 saturated carbocycles. The van der Waals surface area contributed by atoms with E-state index in [0.29, 0.717) is 45.3 Å². The third-order valence-corrected chi connectivity index (χ3v) is 9.18. The van der Waals surface area contributed by atoms with Gasteiger partial charge in [0.2, 0.25) is 15.9 Å². The summed E-state index contributed by atoms with van der Waals surface area (Å²) in [5.41, 5.74) is 8.40. The van der Waals surface area contributed by atoms with Crippen molar-refractivity contribution in [3.8, 4) is 23.3 Å².